The van der Waals surface area contributed by atoms with E-state index < -0.39 is 0 Å². The minimum atomic E-state index is -0.100. The molecule has 0 saturated carbocycles. The quantitative estimate of drug-likeness (QED) is 0.408. The van der Waals surface area contributed by atoms with Gasteiger partial charge in [-0.15, -0.1) is 0 Å². The van der Waals surface area contributed by atoms with E-state index in [1.807, 2.05) is 13.8 Å². The number of nitrogens with one attached hydrogen (secondary N) is 1. The monoisotopic (exact) mass is 125 g/mol. The molecule has 2 heteroatoms. The van der Waals surface area contributed by atoms with E-state index in [2.05, 4.69) is 11.9 Å². The molecule has 9 heavy (non-hydrogen) atoms. The van der Waals surface area contributed by atoms with Crippen molar-refractivity contribution >= 4 is 5.91 Å². The molecule has 0 radical (unpaired) electrons. The average molecular weight is 125 g/mol. The van der Waals surface area contributed by atoms with Gasteiger partial charge in [0.05, 0.1) is 12.0 Å². The van der Waals surface area contributed by atoms with Gasteiger partial charge in [-0.25, -0.2) is 0 Å². The summed E-state index contributed by atoms with van der Waals surface area (Å²) < 4.78 is 0. The third-order valence-electron chi connectivity index (χ3n) is 1.87. The lowest BCUT2D eigenvalue weighted by atomic mass is 9.83. The van der Waals surface area contributed by atoms with Gasteiger partial charge in [0, 0.05) is 0 Å². The predicted octanol–water partition coefficient (Wildman–Crippen LogP) is 0.841. The molecule has 0 aromatic carbocycles. The van der Waals surface area contributed by atoms with Crippen molar-refractivity contribution in [3.63, 3.8) is 0 Å². The third-order valence-corrected chi connectivity index (χ3v) is 1.87. The Hall–Kier alpha value is -0.790. The van der Waals surface area contributed by atoms with Gasteiger partial charge in [-0.05, 0) is 13.8 Å². The zero-order valence-electron chi connectivity index (χ0n) is 5.82. The summed E-state index contributed by atoms with van der Waals surface area (Å²) in [4.78, 5) is 10.5. The minimum Gasteiger partial charge on any atom is -0.347 e. The summed E-state index contributed by atoms with van der Waals surface area (Å²) in [5, 5.41) is 2.78. The highest BCUT2D eigenvalue weighted by atomic mass is 16.2. The zero-order valence-corrected chi connectivity index (χ0v) is 5.82. The van der Waals surface area contributed by atoms with E-state index >= 15 is 0 Å². The van der Waals surface area contributed by atoms with Crippen molar-refractivity contribution < 1.29 is 4.79 Å². The van der Waals surface area contributed by atoms with Crippen LogP contribution in [0, 0.1) is 0 Å². The van der Waals surface area contributed by atoms with Crippen molar-refractivity contribution in [3.8, 4) is 0 Å². The van der Waals surface area contributed by atoms with E-state index in [1.165, 1.54) is 0 Å². The lowest BCUT2D eigenvalue weighted by Gasteiger charge is -2.39. The maximum atomic E-state index is 10.5. The van der Waals surface area contributed by atoms with E-state index in [-0.39, 0.29) is 11.4 Å². The molecule has 1 aliphatic rings. The topological polar surface area (TPSA) is 29.1 Å². The zero-order chi connectivity index (χ0) is 7.07. The number of β-lactam (4-membered cyclic amide) rings is 1. The highest BCUT2D eigenvalue weighted by molar-refractivity contribution is 5.86. The van der Waals surface area contributed by atoms with Gasteiger partial charge in [0.2, 0.25) is 5.91 Å². The Bertz CT molecular complexity index is 164. The maximum absolute atomic E-state index is 10.5. The standard InChI is InChI=1S/C7H11NO/c1-5(2)7(3)4-6(9)8-7/h1,4H2,2-3H3,(H,8,9)/t7-/m1/s1. The van der Waals surface area contributed by atoms with Gasteiger partial charge < -0.3 is 5.32 Å². The molecule has 0 unspecified atom stereocenters. The van der Waals surface area contributed by atoms with Gasteiger partial charge in [-0.1, -0.05) is 12.2 Å². The van der Waals surface area contributed by atoms with Crippen molar-refractivity contribution in [2.45, 2.75) is 25.8 Å². The number of carbonyl (C=O) groups excluding carboxylic acids is 1. The molecular formula is C7H11NO. The van der Waals surface area contributed by atoms with Gasteiger partial charge in [0.15, 0.2) is 0 Å². The first-order valence-corrected chi connectivity index (χ1v) is 3.01. The Labute approximate surface area is 54.9 Å². The number of rotatable bonds is 1. The largest absolute Gasteiger partial charge is 0.347 e. The van der Waals surface area contributed by atoms with E-state index in [0.717, 1.165) is 5.57 Å². The van der Waals surface area contributed by atoms with Crippen molar-refractivity contribution in [3.05, 3.63) is 12.2 Å². The first kappa shape index (κ1) is 6.33. The van der Waals surface area contributed by atoms with Crippen molar-refractivity contribution in [1.29, 1.82) is 0 Å². The molecular weight excluding hydrogens is 114 g/mol. The molecule has 1 amide bonds. The van der Waals surface area contributed by atoms with Crippen molar-refractivity contribution in [2.75, 3.05) is 0 Å². The van der Waals surface area contributed by atoms with Crippen molar-refractivity contribution in [1.82, 2.24) is 5.32 Å². The molecule has 0 aromatic heterocycles. The minimum absolute atomic E-state index is 0.100. The van der Waals surface area contributed by atoms with E-state index in [0.29, 0.717) is 6.42 Å². The molecule has 1 rings (SSSR count). The molecule has 1 fully saturated rings. The van der Waals surface area contributed by atoms with E-state index in [4.69, 9.17) is 0 Å². The van der Waals surface area contributed by atoms with Crippen LogP contribution in [0.2, 0.25) is 0 Å². The third kappa shape index (κ3) is 0.846. The summed E-state index contributed by atoms with van der Waals surface area (Å²) in [6.07, 6.45) is 0.600. The normalized spacial score (nSPS) is 32.9. The highest BCUT2D eigenvalue weighted by Gasteiger charge is 2.38. The van der Waals surface area contributed by atoms with Crippen LogP contribution in [-0.4, -0.2) is 11.4 Å². The van der Waals surface area contributed by atoms with Crippen LogP contribution >= 0.6 is 0 Å². The second-order valence-electron chi connectivity index (χ2n) is 2.84. The van der Waals surface area contributed by atoms with Gasteiger partial charge in [-0.3, -0.25) is 4.79 Å². The summed E-state index contributed by atoms with van der Waals surface area (Å²) in [6.45, 7) is 7.68. The van der Waals surface area contributed by atoms with Crippen LogP contribution < -0.4 is 5.32 Å². The smallest absolute Gasteiger partial charge is 0.223 e. The van der Waals surface area contributed by atoms with Gasteiger partial charge in [-0.2, -0.15) is 0 Å². The van der Waals surface area contributed by atoms with Crippen LogP contribution in [-0.2, 0) is 4.79 Å². The molecule has 0 spiro atoms. The molecule has 1 saturated heterocycles. The molecule has 0 aliphatic carbocycles. The van der Waals surface area contributed by atoms with Crippen LogP contribution in [0.4, 0.5) is 0 Å². The number of hydrogen-bond donors (Lipinski definition) is 1. The summed E-state index contributed by atoms with van der Waals surface area (Å²) in [7, 11) is 0. The second-order valence-corrected chi connectivity index (χ2v) is 2.84. The Balaban J connectivity index is 2.60. The van der Waals surface area contributed by atoms with Crippen molar-refractivity contribution in [2.24, 2.45) is 0 Å². The summed E-state index contributed by atoms with van der Waals surface area (Å²) in [5.41, 5.74) is 0.930. The van der Waals surface area contributed by atoms with Crippen LogP contribution in [0.25, 0.3) is 0 Å². The molecule has 1 aliphatic heterocycles. The molecule has 1 atom stereocenters. The first-order valence-electron chi connectivity index (χ1n) is 3.01. The Kier molecular flexibility index (Phi) is 1.12. The Morgan fingerprint density at radius 3 is 2.44 bits per heavy atom. The van der Waals surface area contributed by atoms with Gasteiger partial charge >= 0.3 is 0 Å². The lowest BCUT2D eigenvalue weighted by Crippen LogP contribution is -2.59. The number of carbonyl (C=O) groups is 1. The number of hydrogen-bond acceptors (Lipinski definition) is 1. The van der Waals surface area contributed by atoms with Gasteiger partial charge in [0.25, 0.3) is 0 Å². The first-order chi connectivity index (χ1) is 4.04. The highest BCUT2D eigenvalue weighted by Crippen LogP contribution is 2.25. The molecule has 2 nitrogen and oxygen atoms in total. The molecule has 0 bridgehead atoms. The summed E-state index contributed by atoms with van der Waals surface area (Å²) >= 11 is 0. The Morgan fingerprint density at radius 2 is 2.33 bits per heavy atom. The van der Waals surface area contributed by atoms with Crippen LogP contribution in [0.15, 0.2) is 12.2 Å². The fourth-order valence-corrected chi connectivity index (χ4v) is 0.868. The Morgan fingerprint density at radius 1 is 1.89 bits per heavy atom. The molecule has 0 aromatic rings. The fourth-order valence-electron chi connectivity index (χ4n) is 0.868. The summed E-state index contributed by atoms with van der Waals surface area (Å²) in [6, 6.07) is 0. The second kappa shape index (κ2) is 1.59. The molecule has 1 heterocycles. The average Bonchev–Trinajstić information content (AvgIpc) is 1.62. The van der Waals surface area contributed by atoms with Crippen LogP contribution in [0.5, 0.6) is 0 Å². The van der Waals surface area contributed by atoms with Gasteiger partial charge in [0.1, 0.15) is 0 Å². The van der Waals surface area contributed by atoms with E-state index in [1.54, 1.807) is 0 Å². The SMILES string of the molecule is C=C(C)[C@@]1(C)CC(=O)N1. The number of amides is 1. The van der Waals surface area contributed by atoms with Crippen LogP contribution in [0.1, 0.15) is 20.3 Å². The lowest BCUT2D eigenvalue weighted by molar-refractivity contribution is -0.130. The maximum Gasteiger partial charge on any atom is 0.223 e. The van der Waals surface area contributed by atoms with E-state index in [9.17, 15) is 4.79 Å². The van der Waals surface area contributed by atoms with Crippen LogP contribution in [0.3, 0.4) is 0 Å². The predicted molar refractivity (Wildman–Crippen MR) is 36.0 cm³/mol. The summed E-state index contributed by atoms with van der Waals surface area (Å²) in [5.74, 6) is 0.125. The molecule has 1 N–H and O–H groups in total. The molecule has 50 valence electrons. The fraction of sp³-hybridized carbons (Fsp3) is 0.571.